The number of nitrogens with one attached hydrogen (secondary N) is 1. The zero-order valence-corrected chi connectivity index (χ0v) is 15.0. The Kier molecular flexibility index (Phi) is 7.05. The maximum atomic E-state index is 12.7. The van der Waals surface area contributed by atoms with E-state index in [1.165, 1.54) is 12.1 Å². The number of carbonyl (C=O) groups excluding carboxylic acids is 1. The van der Waals surface area contributed by atoms with E-state index in [1.807, 2.05) is 44.4 Å². The summed E-state index contributed by atoms with van der Waals surface area (Å²) in [7, 11) is 3.97. The van der Waals surface area contributed by atoms with Gasteiger partial charge in [0.15, 0.2) is 0 Å². The Morgan fingerprint density at radius 3 is 2.54 bits per heavy atom. The molecular formula is C20H23N3O3. The standard InChI is InChI=1S/C20H23N3O3/c1-22(2)13-7-12-21-20(24)19(17-9-4-3-5-10-17)15-16-8-6-11-18(14-16)23(25)26/h3-6,8-11,14-15H,7,12-13H2,1-2H3,(H,21,24)/b19-15+. The lowest BCUT2D eigenvalue weighted by atomic mass is 10.0. The molecular weight excluding hydrogens is 330 g/mol. The Morgan fingerprint density at radius 2 is 1.88 bits per heavy atom. The van der Waals surface area contributed by atoms with Crippen LogP contribution in [-0.4, -0.2) is 42.9 Å². The van der Waals surface area contributed by atoms with Gasteiger partial charge in [0.1, 0.15) is 0 Å². The van der Waals surface area contributed by atoms with Crippen molar-refractivity contribution in [2.75, 3.05) is 27.2 Å². The van der Waals surface area contributed by atoms with Gasteiger partial charge < -0.3 is 10.2 Å². The van der Waals surface area contributed by atoms with Crippen LogP contribution in [-0.2, 0) is 4.79 Å². The van der Waals surface area contributed by atoms with E-state index >= 15 is 0 Å². The van der Waals surface area contributed by atoms with E-state index < -0.39 is 4.92 Å². The molecule has 26 heavy (non-hydrogen) atoms. The van der Waals surface area contributed by atoms with Crippen LogP contribution >= 0.6 is 0 Å². The van der Waals surface area contributed by atoms with Crippen LogP contribution in [0.5, 0.6) is 0 Å². The molecule has 0 aliphatic carbocycles. The van der Waals surface area contributed by atoms with Crippen LogP contribution in [0.3, 0.4) is 0 Å². The van der Waals surface area contributed by atoms with Crippen LogP contribution in [0, 0.1) is 10.1 Å². The molecule has 0 unspecified atom stereocenters. The maximum absolute atomic E-state index is 12.7. The van der Waals surface area contributed by atoms with Gasteiger partial charge in [-0.1, -0.05) is 42.5 Å². The average molecular weight is 353 g/mol. The van der Waals surface area contributed by atoms with Crippen LogP contribution < -0.4 is 5.32 Å². The zero-order chi connectivity index (χ0) is 18.9. The van der Waals surface area contributed by atoms with Gasteiger partial charge in [0.05, 0.1) is 4.92 Å². The Morgan fingerprint density at radius 1 is 1.15 bits per heavy atom. The van der Waals surface area contributed by atoms with Gasteiger partial charge in [-0.05, 0) is 44.3 Å². The predicted octanol–water partition coefficient (Wildman–Crippen LogP) is 3.20. The average Bonchev–Trinajstić information content (AvgIpc) is 2.64. The molecule has 1 amide bonds. The van der Waals surface area contributed by atoms with Crippen molar-refractivity contribution >= 4 is 23.2 Å². The fourth-order valence-electron chi connectivity index (χ4n) is 2.48. The minimum atomic E-state index is -0.444. The maximum Gasteiger partial charge on any atom is 0.270 e. The summed E-state index contributed by atoms with van der Waals surface area (Å²) in [6.45, 7) is 1.45. The Labute approximate surface area is 153 Å². The number of benzene rings is 2. The molecule has 0 saturated heterocycles. The van der Waals surface area contributed by atoms with E-state index in [0.717, 1.165) is 18.5 Å². The molecule has 0 spiro atoms. The van der Waals surface area contributed by atoms with E-state index in [0.29, 0.717) is 17.7 Å². The fourth-order valence-corrected chi connectivity index (χ4v) is 2.48. The van der Waals surface area contributed by atoms with Crippen LogP contribution in [0.15, 0.2) is 54.6 Å². The number of nitro benzene ring substituents is 1. The molecule has 0 aliphatic heterocycles. The topological polar surface area (TPSA) is 75.5 Å². The monoisotopic (exact) mass is 353 g/mol. The first-order valence-electron chi connectivity index (χ1n) is 8.42. The highest BCUT2D eigenvalue weighted by Crippen LogP contribution is 2.21. The van der Waals surface area contributed by atoms with Crippen molar-refractivity contribution in [2.24, 2.45) is 0 Å². The number of hydrogen-bond donors (Lipinski definition) is 1. The van der Waals surface area contributed by atoms with E-state index in [9.17, 15) is 14.9 Å². The summed E-state index contributed by atoms with van der Waals surface area (Å²) in [5, 5.41) is 13.9. The molecule has 0 atom stereocenters. The van der Waals surface area contributed by atoms with E-state index in [2.05, 4.69) is 10.2 Å². The van der Waals surface area contributed by atoms with Gasteiger partial charge in [-0.25, -0.2) is 0 Å². The molecule has 0 aliphatic rings. The molecule has 2 aromatic carbocycles. The molecule has 0 aromatic heterocycles. The highest BCUT2D eigenvalue weighted by molar-refractivity contribution is 6.24. The second-order valence-electron chi connectivity index (χ2n) is 6.19. The first-order valence-corrected chi connectivity index (χ1v) is 8.42. The predicted molar refractivity (Wildman–Crippen MR) is 104 cm³/mol. The van der Waals surface area contributed by atoms with Crippen molar-refractivity contribution < 1.29 is 9.72 Å². The molecule has 6 nitrogen and oxygen atoms in total. The number of hydrogen-bond acceptors (Lipinski definition) is 4. The summed E-state index contributed by atoms with van der Waals surface area (Å²) >= 11 is 0. The lowest BCUT2D eigenvalue weighted by Crippen LogP contribution is -2.27. The number of rotatable bonds is 8. The molecule has 136 valence electrons. The smallest absolute Gasteiger partial charge is 0.270 e. The van der Waals surface area contributed by atoms with Gasteiger partial charge in [-0.3, -0.25) is 14.9 Å². The quantitative estimate of drug-likeness (QED) is 0.260. The summed E-state index contributed by atoms with van der Waals surface area (Å²) in [5.41, 5.74) is 1.86. The normalized spacial score (nSPS) is 11.4. The number of amides is 1. The van der Waals surface area contributed by atoms with Crippen molar-refractivity contribution in [3.8, 4) is 0 Å². The largest absolute Gasteiger partial charge is 0.352 e. The van der Waals surface area contributed by atoms with Gasteiger partial charge in [-0.15, -0.1) is 0 Å². The number of nitro groups is 1. The lowest BCUT2D eigenvalue weighted by Gasteiger charge is -2.12. The van der Waals surface area contributed by atoms with Crippen LogP contribution in [0.1, 0.15) is 17.5 Å². The fraction of sp³-hybridized carbons (Fsp3) is 0.250. The van der Waals surface area contributed by atoms with Crippen LogP contribution in [0.4, 0.5) is 5.69 Å². The van der Waals surface area contributed by atoms with Crippen molar-refractivity contribution in [1.82, 2.24) is 10.2 Å². The second kappa shape index (κ2) is 9.48. The SMILES string of the molecule is CN(C)CCCNC(=O)/C(=C/c1cccc([N+](=O)[O-])c1)c1ccccc1. The number of carbonyl (C=O) groups is 1. The molecule has 0 heterocycles. The molecule has 0 saturated carbocycles. The molecule has 1 N–H and O–H groups in total. The lowest BCUT2D eigenvalue weighted by molar-refractivity contribution is -0.384. The van der Waals surface area contributed by atoms with Crippen LogP contribution in [0.2, 0.25) is 0 Å². The minimum absolute atomic E-state index is 0.00227. The molecule has 0 bridgehead atoms. The number of nitrogens with zero attached hydrogens (tertiary/aromatic N) is 2. The van der Waals surface area contributed by atoms with Gasteiger partial charge in [-0.2, -0.15) is 0 Å². The number of non-ortho nitro benzene ring substituents is 1. The Balaban J connectivity index is 2.25. The van der Waals surface area contributed by atoms with Crippen molar-refractivity contribution in [2.45, 2.75) is 6.42 Å². The van der Waals surface area contributed by atoms with E-state index in [1.54, 1.807) is 18.2 Å². The molecule has 6 heteroatoms. The Hall–Kier alpha value is -2.99. The molecule has 2 aromatic rings. The first-order chi connectivity index (χ1) is 12.5. The molecule has 0 radical (unpaired) electrons. The van der Waals surface area contributed by atoms with Crippen molar-refractivity contribution in [3.05, 3.63) is 75.8 Å². The summed E-state index contributed by atoms with van der Waals surface area (Å²) in [6.07, 6.45) is 2.53. The van der Waals surface area contributed by atoms with Gasteiger partial charge in [0, 0.05) is 24.3 Å². The third-order valence-electron chi connectivity index (χ3n) is 3.79. The van der Waals surface area contributed by atoms with E-state index in [-0.39, 0.29) is 11.6 Å². The highest BCUT2D eigenvalue weighted by Gasteiger charge is 2.13. The second-order valence-corrected chi connectivity index (χ2v) is 6.19. The summed E-state index contributed by atoms with van der Waals surface area (Å²) in [5.74, 6) is -0.193. The van der Waals surface area contributed by atoms with Crippen LogP contribution in [0.25, 0.3) is 11.6 Å². The summed E-state index contributed by atoms with van der Waals surface area (Å²) in [4.78, 5) is 25.3. The third kappa shape index (κ3) is 5.82. The molecule has 0 fully saturated rings. The summed E-state index contributed by atoms with van der Waals surface area (Å²) < 4.78 is 0. The zero-order valence-electron chi connectivity index (χ0n) is 15.0. The minimum Gasteiger partial charge on any atom is -0.352 e. The molecule has 2 rings (SSSR count). The summed E-state index contributed by atoms with van der Waals surface area (Å²) in [6, 6.07) is 15.5. The third-order valence-corrected chi connectivity index (χ3v) is 3.79. The van der Waals surface area contributed by atoms with Crippen molar-refractivity contribution in [1.29, 1.82) is 0 Å². The van der Waals surface area contributed by atoms with Crippen molar-refractivity contribution in [3.63, 3.8) is 0 Å². The van der Waals surface area contributed by atoms with Gasteiger partial charge in [0.2, 0.25) is 0 Å². The Bertz CT molecular complexity index is 786. The highest BCUT2D eigenvalue weighted by atomic mass is 16.6. The van der Waals surface area contributed by atoms with E-state index in [4.69, 9.17) is 0 Å². The van der Waals surface area contributed by atoms with Gasteiger partial charge in [0.25, 0.3) is 11.6 Å². The van der Waals surface area contributed by atoms with Gasteiger partial charge >= 0.3 is 0 Å². The first kappa shape index (κ1) is 19.3.